The van der Waals surface area contributed by atoms with Crippen LogP contribution in [0.25, 0.3) is 5.65 Å². The Hall–Kier alpha value is -3.84. The Bertz CT molecular complexity index is 1590. The average molecular weight is 773 g/mol. The van der Waals surface area contributed by atoms with Crippen LogP contribution in [0.4, 0.5) is 16.2 Å². The summed E-state index contributed by atoms with van der Waals surface area (Å²) in [4.78, 5) is 45.3. The molecule has 3 rings (SSSR count). The fourth-order valence-corrected chi connectivity index (χ4v) is 4.66. The predicted octanol–water partition coefficient (Wildman–Crippen LogP) is 4.47. The number of nitrogens with one attached hydrogen (secondary N) is 3. The third kappa shape index (κ3) is 15.8. The van der Waals surface area contributed by atoms with Crippen LogP contribution in [-0.2, 0) is 38.0 Å². The SMILES string of the molecule is CO[C@@H](C)c1c(NC(=O)Nc2cc(Cl)cnc2OCCNC(=O)CCOCCOCCOCCOCCC(=O)OC(C)(C)C)cnc2cc(Cl)nn12. The lowest BCUT2D eigenvalue weighted by Crippen LogP contribution is -2.29. The molecule has 0 fully saturated rings. The number of halogens is 2. The fraction of sp³-hybridized carbons (Fsp3) is 0.576. The molecular formula is C33H47Cl2N7O10. The summed E-state index contributed by atoms with van der Waals surface area (Å²) >= 11 is 12.2. The van der Waals surface area contributed by atoms with Gasteiger partial charge in [-0.1, -0.05) is 23.2 Å². The van der Waals surface area contributed by atoms with E-state index in [1.165, 1.54) is 30.1 Å². The van der Waals surface area contributed by atoms with E-state index in [0.717, 1.165) is 0 Å². The molecule has 3 amide bonds. The van der Waals surface area contributed by atoms with Crippen LogP contribution in [0.1, 0.15) is 52.3 Å². The summed E-state index contributed by atoms with van der Waals surface area (Å²) in [7, 11) is 1.53. The van der Waals surface area contributed by atoms with Crippen molar-refractivity contribution in [2.75, 3.05) is 83.8 Å². The lowest BCUT2D eigenvalue weighted by molar-refractivity contribution is -0.156. The Morgan fingerprint density at radius 1 is 0.827 bits per heavy atom. The topological polar surface area (TPSA) is 195 Å². The zero-order valence-corrected chi connectivity index (χ0v) is 31.5. The number of ether oxygens (including phenoxy) is 7. The summed E-state index contributed by atoms with van der Waals surface area (Å²) < 4.78 is 39.6. The highest BCUT2D eigenvalue weighted by Crippen LogP contribution is 2.28. The number of fused-ring (bicyclic) bond motifs is 1. The lowest BCUT2D eigenvalue weighted by atomic mass is 10.2. The van der Waals surface area contributed by atoms with Crippen molar-refractivity contribution < 1.29 is 47.5 Å². The largest absolute Gasteiger partial charge is 0.474 e. The van der Waals surface area contributed by atoms with Gasteiger partial charge in [0.05, 0.1) is 94.5 Å². The quantitative estimate of drug-likeness (QED) is 0.0904. The second kappa shape index (κ2) is 22.3. The minimum atomic E-state index is -0.625. The number of esters is 1. The second-order valence-corrected chi connectivity index (χ2v) is 12.8. The normalized spacial score (nSPS) is 12.1. The number of carbonyl (C=O) groups excluding carboxylic acids is 3. The van der Waals surface area contributed by atoms with Crippen molar-refractivity contribution in [2.24, 2.45) is 0 Å². The van der Waals surface area contributed by atoms with Gasteiger partial charge in [-0.3, -0.25) is 9.59 Å². The van der Waals surface area contributed by atoms with E-state index in [2.05, 4.69) is 31.0 Å². The first kappa shape index (κ1) is 42.6. The van der Waals surface area contributed by atoms with Gasteiger partial charge in [0.1, 0.15) is 17.9 Å². The zero-order chi connectivity index (χ0) is 37.9. The highest BCUT2D eigenvalue weighted by Gasteiger charge is 2.20. The third-order valence-corrected chi connectivity index (χ3v) is 7.06. The van der Waals surface area contributed by atoms with Crippen molar-refractivity contribution in [3.63, 3.8) is 0 Å². The van der Waals surface area contributed by atoms with Crippen LogP contribution in [0.2, 0.25) is 10.2 Å². The van der Waals surface area contributed by atoms with Crippen LogP contribution in [0, 0.1) is 0 Å². The first-order chi connectivity index (χ1) is 24.9. The third-order valence-electron chi connectivity index (χ3n) is 6.67. The van der Waals surface area contributed by atoms with Crippen molar-refractivity contribution >= 4 is 58.1 Å². The number of pyridine rings is 1. The molecule has 288 valence electrons. The number of amides is 3. The molecule has 0 saturated heterocycles. The van der Waals surface area contributed by atoms with Gasteiger partial charge >= 0.3 is 12.0 Å². The number of anilines is 2. The van der Waals surface area contributed by atoms with E-state index in [1.54, 1.807) is 13.0 Å². The molecule has 3 N–H and O–H groups in total. The van der Waals surface area contributed by atoms with E-state index in [9.17, 15) is 14.4 Å². The molecule has 0 spiro atoms. The number of carbonyl (C=O) groups is 3. The molecule has 19 heteroatoms. The van der Waals surface area contributed by atoms with Crippen LogP contribution in [0.15, 0.2) is 24.5 Å². The number of nitrogens with zero attached hydrogens (tertiary/aromatic N) is 4. The van der Waals surface area contributed by atoms with Crippen LogP contribution in [-0.4, -0.2) is 116 Å². The zero-order valence-electron chi connectivity index (χ0n) is 30.0. The molecule has 0 unspecified atom stereocenters. The number of urea groups is 1. The maximum atomic E-state index is 13.0. The molecule has 3 heterocycles. The van der Waals surface area contributed by atoms with E-state index in [0.29, 0.717) is 56.7 Å². The summed E-state index contributed by atoms with van der Waals surface area (Å²) in [5, 5.41) is 12.9. The Labute approximate surface area is 312 Å². The highest BCUT2D eigenvalue weighted by molar-refractivity contribution is 6.31. The first-order valence-corrected chi connectivity index (χ1v) is 17.3. The van der Waals surface area contributed by atoms with E-state index < -0.39 is 17.7 Å². The van der Waals surface area contributed by atoms with E-state index in [4.69, 9.17) is 56.4 Å². The molecule has 3 aromatic rings. The molecular weight excluding hydrogens is 725 g/mol. The van der Waals surface area contributed by atoms with Gasteiger partial charge in [0, 0.05) is 25.8 Å². The Balaban J connectivity index is 1.26. The molecule has 0 aliphatic heterocycles. The van der Waals surface area contributed by atoms with Crippen molar-refractivity contribution in [2.45, 2.75) is 52.2 Å². The van der Waals surface area contributed by atoms with Gasteiger partial charge in [-0.15, -0.1) is 0 Å². The summed E-state index contributed by atoms with van der Waals surface area (Å²) in [6.07, 6.45) is 2.74. The summed E-state index contributed by atoms with van der Waals surface area (Å²) in [6.45, 7) is 10.2. The fourth-order valence-electron chi connectivity index (χ4n) is 4.33. The number of hydrogen-bond donors (Lipinski definition) is 3. The highest BCUT2D eigenvalue weighted by atomic mass is 35.5. The van der Waals surface area contributed by atoms with E-state index in [-0.39, 0.29) is 72.8 Å². The smallest absolute Gasteiger partial charge is 0.323 e. The van der Waals surface area contributed by atoms with E-state index in [1.807, 2.05) is 20.8 Å². The maximum absolute atomic E-state index is 13.0. The van der Waals surface area contributed by atoms with Gasteiger partial charge in [0.2, 0.25) is 11.8 Å². The summed E-state index contributed by atoms with van der Waals surface area (Å²) in [5.41, 5.74) is 1.06. The van der Waals surface area contributed by atoms with Gasteiger partial charge in [0.15, 0.2) is 10.8 Å². The van der Waals surface area contributed by atoms with Gasteiger partial charge in [-0.25, -0.2) is 19.3 Å². The Morgan fingerprint density at radius 3 is 2.08 bits per heavy atom. The first-order valence-electron chi connectivity index (χ1n) is 16.6. The van der Waals surface area contributed by atoms with Gasteiger partial charge in [-0.05, 0) is 33.8 Å². The number of hydrogen-bond acceptors (Lipinski definition) is 13. The number of methoxy groups -OCH3 is 1. The molecule has 0 aromatic carbocycles. The molecule has 0 bridgehead atoms. The monoisotopic (exact) mass is 771 g/mol. The summed E-state index contributed by atoms with van der Waals surface area (Å²) in [5.74, 6) is -0.419. The van der Waals surface area contributed by atoms with Crippen LogP contribution in [0.3, 0.4) is 0 Å². The van der Waals surface area contributed by atoms with Gasteiger partial charge in [-0.2, -0.15) is 5.10 Å². The summed E-state index contributed by atoms with van der Waals surface area (Å²) in [6, 6.07) is 2.45. The van der Waals surface area contributed by atoms with Crippen LogP contribution >= 0.6 is 23.2 Å². The van der Waals surface area contributed by atoms with Crippen LogP contribution in [0.5, 0.6) is 5.88 Å². The lowest BCUT2D eigenvalue weighted by Gasteiger charge is -2.19. The van der Waals surface area contributed by atoms with Crippen molar-refractivity contribution in [3.05, 3.63) is 40.4 Å². The minimum Gasteiger partial charge on any atom is -0.474 e. The Kier molecular flexibility index (Phi) is 18.2. The molecule has 0 radical (unpaired) electrons. The predicted molar refractivity (Wildman–Crippen MR) is 192 cm³/mol. The molecule has 0 aliphatic rings. The molecule has 0 saturated carbocycles. The Morgan fingerprint density at radius 2 is 1.44 bits per heavy atom. The van der Waals surface area contributed by atoms with Crippen molar-refractivity contribution in [1.82, 2.24) is 24.9 Å². The molecule has 17 nitrogen and oxygen atoms in total. The molecule has 1 atom stereocenters. The molecule has 52 heavy (non-hydrogen) atoms. The maximum Gasteiger partial charge on any atom is 0.323 e. The van der Waals surface area contributed by atoms with Gasteiger partial charge < -0.3 is 49.1 Å². The standard InChI is InChI=1S/C33H47Cl2N7O10/c1-22(46-5)30-25(21-37-27-19-26(35)41-42(27)30)40-32(45)39-24-18-23(34)20-38-31(24)51-11-8-36-28(43)6-9-47-12-14-49-16-17-50-15-13-48-10-7-29(44)52-33(2,3)4/h18-22H,6-17H2,1-5H3,(H,36,43)(H2,39,40,45)/t22-/m0/s1. The number of aromatic nitrogens is 4. The van der Waals surface area contributed by atoms with Crippen molar-refractivity contribution in [1.29, 1.82) is 0 Å². The van der Waals surface area contributed by atoms with Gasteiger partial charge in [0.25, 0.3) is 0 Å². The van der Waals surface area contributed by atoms with Crippen LogP contribution < -0.4 is 20.7 Å². The second-order valence-electron chi connectivity index (χ2n) is 12.0. The molecule has 3 aromatic heterocycles. The van der Waals surface area contributed by atoms with Crippen molar-refractivity contribution in [3.8, 4) is 5.88 Å². The molecule has 0 aliphatic carbocycles. The minimum absolute atomic E-state index is 0.0712. The number of rotatable bonds is 23. The van der Waals surface area contributed by atoms with E-state index >= 15 is 0 Å². The average Bonchev–Trinajstić information content (AvgIpc) is 3.46.